The molecule has 0 aliphatic rings. The Morgan fingerprint density at radius 3 is 2.88 bits per heavy atom. The lowest BCUT2D eigenvalue weighted by Gasteiger charge is -2.11. The van der Waals surface area contributed by atoms with E-state index in [0.29, 0.717) is 17.2 Å². The third kappa shape index (κ3) is 2.21. The fourth-order valence-electron chi connectivity index (χ4n) is 2.51. The number of aryl methyl sites for hydroxylation is 1. The molecule has 0 aliphatic heterocycles. The molecule has 0 fully saturated rings. The molecule has 0 aliphatic carbocycles. The van der Waals surface area contributed by atoms with Crippen molar-refractivity contribution >= 4 is 34.2 Å². The summed E-state index contributed by atoms with van der Waals surface area (Å²) < 4.78 is 1.60. The number of aromatic nitrogens is 5. The largest absolute Gasteiger partial charge is 0.478 e. The van der Waals surface area contributed by atoms with E-state index in [-0.39, 0.29) is 5.56 Å². The van der Waals surface area contributed by atoms with Gasteiger partial charge in [0.15, 0.2) is 5.82 Å². The quantitative estimate of drug-likeness (QED) is 0.597. The van der Waals surface area contributed by atoms with Gasteiger partial charge in [0.05, 0.1) is 16.6 Å². The molecule has 0 atom stereocenters. The molecule has 118 valence electrons. The number of carbonyl (C=O) groups is 1. The van der Waals surface area contributed by atoms with E-state index in [4.69, 9.17) is 5.11 Å². The summed E-state index contributed by atoms with van der Waals surface area (Å²) in [5.41, 5.74) is 3.71. The summed E-state index contributed by atoms with van der Waals surface area (Å²) in [6, 6.07) is 12.4. The molecule has 2 aromatic carbocycles. The predicted molar refractivity (Wildman–Crippen MR) is 87.5 cm³/mol. The van der Waals surface area contributed by atoms with Crippen molar-refractivity contribution in [2.45, 2.75) is 6.92 Å². The number of nitrogens with zero attached hydrogens (tertiary/aromatic N) is 5. The van der Waals surface area contributed by atoms with E-state index in [2.05, 4.69) is 25.8 Å². The Balaban J connectivity index is 1.89. The monoisotopic (exact) mass is 320 g/mol. The zero-order valence-electron chi connectivity index (χ0n) is 12.6. The van der Waals surface area contributed by atoms with Crippen LogP contribution in [0, 0.1) is 6.92 Å². The minimum Gasteiger partial charge on any atom is -0.478 e. The van der Waals surface area contributed by atoms with Gasteiger partial charge in [0.2, 0.25) is 5.65 Å². The van der Waals surface area contributed by atoms with Crippen LogP contribution in [-0.4, -0.2) is 36.1 Å². The summed E-state index contributed by atoms with van der Waals surface area (Å²) in [5, 5.41) is 24.0. The molecule has 0 saturated carbocycles. The van der Waals surface area contributed by atoms with Gasteiger partial charge < -0.3 is 10.4 Å². The molecule has 8 nitrogen and oxygen atoms in total. The molecular weight excluding hydrogens is 308 g/mol. The van der Waals surface area contributed by atoms with Gasteiger partial charge in [-0.25, -0.2) is 9.78 Å². The van der Waals surface area contributed by atoms with E-state index in [9.17, 15) is 4.79 Å². The van der Waals surface area contributed by atoms with E-state index in [1.807, 2.05) is 31.2 Å². The lowest BCUT2D eigenvalue weighted by molar-refractivity contribution is 0.0697. The molecule has 0 amide bonds. The average Bonchev–Trinajstić information content (AvgIpc) is 3.07. The molecule has 2 aromatic heterocycles. The first kappa shape index (κ1) is 14.1. The number of tetrazole rings is 1. The van der Waals surface area contributed by atoms with Crippen LogP contribution in [0.3, 0.4) is 0 Å². The van der Waals surface area contributed by atoms with E-state index in [0.717, 1.165) is 16.6 Å². The number of aromatic carboxylic acids is 1. The van der Waals surface area contributed by atoms with Gasteiger partial charge in [0.1, 0.15) is 0 Å². The minimum absolute atomic E-state index is 0.194. The third-order valence-corrected chi connectivity index (χ3v) is 3.76. The molecule has 4 rings (SSSR count). The second-order valence-corrected chi connectivity index (χ2v) is 5.32. The molecule has 8 heteroatoms. The summed E-state index contributed by atoms with van der Waals surface area (Å²) >= 11 is 0. The fraction of sp³-hybridized carbons (Fsp3) is 0.0625. The Morgan fingerprint density at radius 1 is 1.21 bits per heavy atom. The van der Waals surface area contributed by atoms with Crippen LogP contribution in [0.4, 0.5) is 11.5 Å². The number of hydrogen-bond donors (Lipinski definition) is 2. The molecule has 2 heterocycles. The van der Waals surface area contributed by atoms with Gasteiger partial charge >= 0.3 is 5.97 Å². The topological polar surface area (TPSA) is 105 Å². The molecule has 0 spiro atoms. The number of para-hydroxylation sites is 2. The highest BCUT2D eigenvalue weighted by atomic mass is 16.4. The standard InChI is InChI=1S/C16H12N6O2/c1-9-6-7-10(16(23)24)8-12(9)18-14-15-19-20-21-22(15)13-5-3-2-4-11(13)17-14/h2-8H,1H3,(H,17,18)(H,23,24). The number of carboxylic acid groups (broad SMARTS) is 1. The van der Waals surface area contributed by atoms with Gasteiger partial charge in [-0.05, 0) is 47.2 Å². The second-order valence-electron chi connectivity index (χ2n) is 5.32. The summed E-state index contributed by atoms with van der Waals surface area (Å²) in [7, 11) is 0. The van der Waals surface area contributed by atoms with Gasteiger partial charge in [-0.3, -0.25) is 0 Å². The Hall–Kier alpha value is -3.55. The van der Waals surface area contributed by atoms with Gasteiger partial charge in [-0.15, -0.1) is 5.10 Å². The number of hydrogen-bond acceptors (Lipinski definition) is 6. The van der Waals surface area contributed by atoms with Crippen LogP contribution >= 0.6 is 0 Å². The maximum atomic E-state index is 11.2. The molecule has 2 N–H and O–H groups in total. The van der Waals surface area contributed by atoms with Gasteiger partial charge in [-0.1, -0.05) is 18.2 Å². The molecular formula is C16H12N6O2. The zero-order chi connectivity index (χ0) is 16.7. The van der Waals surface area contributed by atoms with Crippen molar-refractivity contribution in [3.05, 3.63) is 53.6 Å². The van der Waals surface area contributed by atoms with E-state index >= 15 is 0 Å². The van der Waals surface area contributed by atoms with Crippen molar-refractivity contribution in [3.8, 4) is 0 Å². The zero-order valence-corrected chi connectivity index (χ0v) is 12.6. The first-order chi connectivity index (χ1) is 11.6. The van der Waals surface area contributed by atoms with Crippen LogP contribution in [0.15, 0.2) is 42.5 Å². The van der Waals surface area contributed by atoms with Gasteiger partial charge in [0, 0.05) is 5.69 Å². The van der Waals surface area contributed by atoms with E-state index < -0.39 is 5.97 Å². The lowest BCUT2D eigenvalue weighted by Crippen LogP contribution is -2.04. The van der Waals surface area contributed by atoms with Gasteiger partial charge in [-0.2, -0.15) is 4.52 Å². The number of fused-ring (bicyclic) bond motifs is 3. The number of benzene rings is 2. The summed E-state index contributed by atoms with van der Waals surface area (Å²) in [6.45, 7) is 1.88. The average molecular weight is 320 g/mol. The van der Waals surface area contributed by atoms with Crippen molar-refractivity contribution in [1.82, 2.24) is 25.0 Å². The predicted octanol–water partition coefficient (Wildman–Crippen LogP) is 2.42. The van der Waals surface area contributed by atoms with Crippen molar-refractivity contribution in [3.63, 3.8) is 0 Å². The van der Waals surface area contributed by atoms with Crippen LogP contribution in [0.2, 0.25) is 0 Å². The highest BCUT2D eigenvalue weighted by Crippen LogP contribution is 2.25. The number of anilines is 2. The van der Waals surface area contributed by atoms with E-state index in [1.54, 1.807) is 22.7 Å². The van der Waals surface area contributed by atoms with E-state index in [1.165, 1.54) is 0 Å². The normalized spacial score (nSPS) is 11.0. The molecule has 4 aromatic rings. The van der Waals surface area contributed by atoms with Crippen LogP contribution in [0.5, 0.6) is 0 Å². The smallest absolute Gasteiger partial charge is 0.335 e. The highest BCUT2D eigenvalue weighted by Gasteiger charge is 2.13. The van der Waals surface area contributed by atoms with Crippen LogP contribution in [0.25, 0.3) is 16.7 Å². The molecule has 0 saturated heterocycles. The molecule has 0 unspecified atom stereocenters. The summed E-state index contributed by atoms with van der Waals surface area (Å²) in [4.78, 5) is 15.7. The van der Waals surface area contributed by atoms with Crippen molar-refractivity contribution in [2.75, 3.05) is 5.32 Å². The lowest BCUT2D eigenvalue weighted by atomic mass is 10.1. The van der Waals surface area contributed by atoms with Crippen LogP contribution in [-0.2, 0) is 0 Å². The van der Waals surface area contributed by atoms with Crippen LogP contribution < -0.4 is 5.32 Å². The number of rotatable bonds is 3. The van der Waals surface area contributed by atoms with Crippen molar-refractivity contribution in [1.29, 1.82) is 0 Å². The third-order valence-electron chi connectivity index (χ3n) is 3.76. The van der Waals surface area contributed by atoms with Crippen LogP contribution in [0.1, 0.15) is 15.9 Å². The van der Waals surface area contributed by atoms with Crippen molar-refractivity contribution in [2.24, 2.45) is 0 Å². The molecule has 24 heavy (non-hydrogen) atoms. The maximum Gasteiger partial charge on any atom is 0.335 e. The minimum atomic E-state index is -0.987. The summed E-state index contributed by atoms with van der Waals surface area (Å²) in [6.07, 6.45) is 0. The maximum absolute atomic E-state index is 11.2. The highest BCUT2D eigenvalue weighted by molar-refractivity contribution is 5.90. The number of carboxylic acids is 1. The Kier molecular flexibility index (Phi) is 3.09. The second kappa shape index (κ2) is 5.27. The van der Waals surface area contributed by atoms with Crippen molar-refractivity contribution < 1.29 is 9.90 Å². The summed E-state index contributed by atoms with van der Waals surface area (Å²) in [5.74, 6) is -0.525. The van der Waals surface area contributed by atoms with Gasteiger partial charge in [0.25, 0.3) is 0 Å². The SMILES string of the molecule is Cc1ccc(C(=O)O)cc1Nc1nc2ccccc2n2nnnc12. The first-order valence-electron chi connectivity index (χ1n) is 7.21. The Bertz CT molecular complexity index is 1090. The Morgan fingerprint density at radius 2 is 2.04 bits per heavy atom. The first-order valence-corrected chi connectivity index (χ1v) is 7.21. The molecule has 0 bridgehead atoms. The number of nitrogens with one attached hydrogen (secondary N) is 1. The molecule has 0 radical (unpaired) electrons. The fourth-order valence-corrected chi connectivity index (χ4v) is 2.51. The Labute approximate surface area is 135 Å².